The first kappa shape index (κ1) is 26.6. The van der Waals surface area contributed by atoms with Gasteiger partial charge in [0.15, 0.2) is 5.82 Å². The van der Waals surface area contributed by atoms with Crippen molar-refractivity contribution < 1.29 is 40.3 Å². The van der Waals surface area contributed by atoms with Crippen LogP contribution in [-0.4, -0.2) is 11.9 Å². The molecule has 184 valence electrons. The van der Waals surface area contributed by atoms with Crippen molar-refractivity contribution in [3.05, 3.63) is 86.9 Å². The Morgan fingerprint density at radius 1 is 0.886 bits per heavy atom. The highest BCUT2D eigenvalue weighted by Crippen LogP contribution is 2.43. The van der Waals surface area contributed by atoms with Crippen molar-refractivity contribution in [2.24, 2.45) is 0 Å². The number of anilines is 1. The molecule has 3 aromatic rings. The molecule has 0 aliphatic heterocycles. The Morgan fingerprint density at radius 2 is 1.51 bits per heavy atom. The Labute approximate surface area is 206 Å². The molecule has 0 aliphatic carbocycles. The standard InChI is InChI=1S/C21H9Cl2F7N2O2S/c22-9-6-8(21(28,29)30)4-5-14(9)35-18-12(26)7-13(17(27)16(18)23)31-20(34)32-19(33)15-10(24)2-1-3-11(15)25/h1-7H,(H2,31,32,33,34). The van der Waals surface area contributed by atoms with Crippen LogP contribution in [0.15, 0.2) is 52.3 Å². The Hall–Kier alpha value is -2.96. The number of halogens is 9. The van der Waals surface area contributed by atoms with E-state index in [9.17, 15) is 40.3 Å². The molecule has 0 radical (unpaired) electrons. The molecule has 14 heteroatoms. The number of carbonyl (C=O) groups excluding carboxylic acids is 2. The second-order valence-corrected chi connectivity index (χ2v) is 8.45. The van der Waals surface area contributed by atoms with Crippen LogP contribution in [0.2, 0.25) is 10.0 Å². The Morgan fingerprint density at radius 3 is 2.09 bits per heavy atom. The van der Waals surface area contributed by atoms with Crippen LogP contribution in [-0.2, 0) is 6.18 Å². The van der Waals surface area contributed by atoms with Crippen LogP contribution in [0.1, 0.15) is 15.9 Å². The molecule has 35 heavy (non-hydrogen) atoms. The Balaban J connectivity index is 1.81. The third-order valence-electron chi connectivity index (χ3n) is 4.25. The van der Waals surface area contributed by atoms with Gasteiger partial charge in [-0.15, -0.1) is 0 Å². The van der Waals surface area contributed by atoms with Crippen LogP contribution < -0.4 is 10.6 Å². The predicted octanol–water partition coefficient (Wildman–Crippen LogP) is 7.68. The van der Waals surface area contributed by atoms with Crippen LogP contribution in [0.25, 0.3) is 0 Å². The van der Waals surface area contributed by atoms with E-state index < -0.39 is 73.1 Å². The molecule has 0 saturated heterocycles. The van der Waals surface area contributed by atoms with Crippen molar-refractivity contribution in [3.8, 4) is 0 Å². The van der Waals surface area contributed by atoms with Crippen LogP contribution in [0, 0.1) is 23.3 Å². The molecule has 0 fully saturated rings. The molecule has 0 spiro atoms. The van der Waals surface area contributed by atoms with Crippen molar-refractivity contribution in [1.82, 2.24) is 5.32 Å². The lowest BCUT2D eigenvalue weighted by Gasteiger charge is -2.14. The van der Waals surface area contributed by atoms with E-state index in [1.54, 1.807) is 10.6 Å². The zero-order valence-corrected chi connectivity index (χ0v) is 19.0. The molecule has 0 saturated carbocycles. The number of benzene rings is 3. The largest absolute Gasteiger partial charge is 0.416 e. The van der Waals surface area contributed by atoms with Gasteiger partial charge in [-0.05, 0) is 30.3 Å². The highest BCUT2D eigenvalue weighted by atomic mass is 35.5. The van der Waals surface area contributed by atoms with Crippen molar-refractivity contribution >= 4 is 52.6 Å². The lowest BCUT2D eigenvalue weighted by Crippen LogP contribution is -2.35. The maximum atomic E-state index is 14.7. The molecule has 0 heterocycles. The first-order valence-corrected chi connectivity index (χ1v) is 10.6. The summed E-state index contributed by atoms with van der Waals surface area (Å²) in [5, 5.41) is 2.08. The minimum atomic E-state index is -4.67. The maximum absolute atomic E-state index is 14.7. The summed E-state index contributed by atoms with van der Waals surface area (Å²) in [6.07, 6.45) is -4.67. The summed E-state index contributed by atoms with van der Waals surface area (Å²) in [7, 11) is 0. The molecule has 0 atom stereocenters. The van der Waals surface area contributed by atoms with Gasteiger partial charge in [0, 0.05) is 11.0 Å². The minimum absolute atomic E-state index is 0.0733. The summed E-state index contributed by atoms with van der Waals surface area (Å²) in [5.41, 5.74) is -2.97. The smallest absolute Gasteiger partial charge is 0.305 e. The van der Waals surface area contributed by atoms with Gasteiger partial charge in [0.05, 0.1) is 26.2 Å². The SMILES string of the molecule is O=C(NC(=O)c1c(F)cccc1F)Nc1cc(F)c(Sc2ccc(C(F)(F)F)cc2Cl)c(Cl)c1F. The number of alkyl halides is 3. The summed E-state index contributed by atoms with van der Waals surface area (Å²) < 4.78 is 94.9. The summed E-state index contributed by atoms with van der Waals surface area (Å²) in [4.78, 5) is 23.3. The highest BCUT2D eigenvalue weighted by Gasteiger charge is 2.31. The van der Waals surface area contributed by atoms with E-state index >= 15 is 0 Å². The quantitative estimate of drug-likeness (QED) is 0.256. The van der Waals surface area contributed by atoms with Gasteiger partial charge in [-0.1, -0.05) is 41.0 Å². The molecule has 3 rings (SSSR count). The Kier molecular flexibility index (Phi) is 7.87. The average molecular weight is 557 g/mol. The third kappa shape index (κ3) is 6.00. The molecule has 3 aromatic carbocycles. The monoisotopic (exact) mass is 556 g/mol. The summed E-state index contributed by atoms with van der Waals surface area (Å²) >= 11 is 12.1. The Bertz CT molecular complexity index is 1320. The average Bonchev–Trinajstić information content (AvgIpc) is 2.75. The zero-order valence-electron chi connectivity index (χ0n) is 16.7. The minimum Gasteiger partial charge on any atom is -0.305 e. The first-order chi connectivity index (χ1) is 16.3. The number of imide groups is 1. The van der Waals surface area contributed by atoms with Crippen molar-refractivity contribution in [1.29, 1.82) is 0 Å². The first-order valence-electron chi connectivity index (χ1n) is 9.08. The van der Waals surface area contributed by atoms with E-state index in [2.05, 4.69) is 0 Å². The van der Waals surface area contributed by atoms with Gasteiger partial charge < -0.3 is 5.32 Å². The van der Waals surface area contributed by atoms with Gasteiger partial charge in [0.25, 0.3) is 5.91 Å². The topological polar surface area (TPSA) is 58.2 Å². The van der Waals surface area contributed by atoms with Crippen molar-refractivity contribution in [2.75, 3.05) is 5.32 Å². The second-order valence-electron chi connectivity index (χ2n) is 6.61. The van der Waals surface area contributed by atoms with Crippen LogP contribution in [0.5, 0.6) is 0 Å². The van der Waals surface area contributed by atoms with E-state index in [4.69, 9.17) is 23.2 Å². The molecule has 0 aromatic heterocycles. The van der Waals surface area contributed by atoms with Gasteiger partial charge in [-0.25, -0.2) is 22.4 Å². The van der Waals surface area contributed by atoms with Gasteiger partial charge >= 0.3 is 12.2 Å². The van der Waals surface area contributed by atoms with Crippen molar-refractivity contribution in [3.63, 3.8) is 0 Å². The lowest BCUT2D eigenvalue weighted by molar-refractivity contribution is -0.137. The van der Waals surface area contributed by atoms with Gasteiger partial charge in [0.1, 0.15) is 23.0 Å². The van der Waals surface area contributed by atoms with E-state index in [-0.39, 0.29) is 4.90 Å². The number of hydrogen-bond acceptors (Lipinski definition) is 3. The molecular weight excluding hydrogens is 548 g/mol. The van der Waals surface area contributed by atoms with Crippen molar-refractivity contribution in [2.45, 2.75) is 16.0 Å². The molecule has 4 nitrogen and oxygen atoms in total. The third-order valence-corrected chi connectivity index (χ3v) is 6.32. The summed E-state index contributed by atoms with van der Waals surface area (Å²) in [5.74, 6) is -6.58. The molecule has 0 aliphatic rings. The fraction of sp³-hybridized carbons (Fsp3) is 0.0476. The lowest BCUT2D eigenvalue weighted by atomic mass is 10.2. The van der Waals surface area contributed by atoms with E-state index in [0.717, 1.165) is 24.3 Å². The molecule has 0 unspecified atom stereocenters. The molecule has 2 N–H and O–H groups in total. The number of nitrogens with one attached hydrogen (secondary N) is 2. The molecule has 3 amide bonds. The highest BCUT2D eigenvalue weighted by molar-refractivity contribution is 7.99. The number of hydrogen-bond donors (Lipinski definition) is 2. The number of carbonyl (C=O) groups is 2. The normalized spacial score (nSPS) is 11.3. The zero-order chi connectivity index (χ0) is 26.1. The number of amides is 3. The number of urea groups is 1. The van der Waals surface area contributed by atoms with Crippen LogP contribution in [0.4, 0.5) is 41.2 Å². The predicted molar refractivity (Wildman–Crippen MR) is 115 cm³/mol. The van der Waals surface area contributed by atoms with E-state index in [0.29, 0.717) is 30.0 Å². The van der Waals surface area contributed by atoms with Crippen LogP contribution in [0.3, 0.4) is 0 Å². The molecule has 0 bridgehead atoms. The fourth-order valence-corrected chi connectivity index (χ4v) is 4.12. The van der Waals surface area contributed by atoms with Crippen LogP contribution >= 0.6 is 35.0 Å². The maximum Gasteiger partial charge on any atom is 0.416 e. The fourth-order valence-electron chi connectivity index (χ4n) is 2.67. The second kappa shape index (κ2) is 10.3. The summed E-state index contributed by atoms with van der Waals surface area (Å²) in [6, 6.07) is 3.77. The number of rotatable bonds is 4. The van der Waals surface area contributed by atoms with E-state index in [1.807, 2.05) is 0 Å². The van der Waals surface area contributed by atoms with E-state index in [1.165, 1.54) is 0 Å². The van der Waals surface area contributed by atoms with Gasteiger partial charge in [0.2, 0.25) is 0 Å². The molecular formula is C21H9Cl2F7N2O2S. The summed E-state index contributed by atoms with van der Waals surface area (Å²) in [6.45, 7) is 0. The van der Waals surface area contributed by atoms with Gasteiger partial charge in [-0.2, -0.15) is 13.2 Å². The van der Waals surface area contributed by atoms with Gasteiger partial charge in [-0.3, -0.25) is 10.1 Å².